The largest absolute Gasteiger partial charge is 0.417 e. The highest BCUT2D eigenvalue weighted by Gasteiger charge is 2.39. The second-order valence-corrected chi connectivity index (χ2v) is 11.0. The fourth-order valence-corrected chi connectivity index (χ4v) is 6.36. The van der Waals surface area contributed by atoms with Crippen LogP contribution in [0.2, 0.25) is 10.0 Å². The van der Waals surface area contributed by atoms with E-state index < -0.39 is 26.8 Å². The number of anilines is 2. The Hall–Kier alpha value is -2.68. The van der Waals surface area contributed by atoms with E-state index in [9.17, 15) is 21.6 Å². The predicted octanol–water partition coefficient (Wildman–Crippen LogP) is 7.64. The molecule has 3 atom stereocenters. The fraction of sp³-hybridized carbons (Fsp3) is 0.200. The van der Waals surface area contributed by atoms with Crippen molar-refractivity contribution in [1.29, 1.82) is 0 Å². The van der Waals surface area contributed by atoms with Gasteiger partial charge in [0.25, 0.3) is 10.0 Å². The molecule has 35 heavy (non-hydrogen) atoms. The molecule has 3 aromatic carbocycles. The Labute approximate surface area is 210 Å². The SMILES string of the molecule is O=S(=O)(Nc1ccc(Cl)c(C(F)(F)F)c1)c1ccc2c(c1)[C@H]1C=CC[C@H]1[C@@H](c1ccccc1Cl)N2. The van der Waals surface area contributed by atoms with Crippen molar-refractivity contribution in [2.24, 2.45) is 5.92 Å². The number of alkyl halides is 3. The Kier molecular flexibility index (Phi) is 6.02. The van der Waals surface area contributed by atoms with E-state index in [4.69, 9.17) is 23.2 Å². The standard InChI is InChI=1S/C25H19Cl2F3N2O2S/c26-21-7-2-1-4-18(21)24-17-6-3-5-16(17)19-13-15(9-11-23(19)31-24)35(33,34)32-14-8-10-22(27)20(12-14)25(28,29)30/h1-5,7-13,16-17,24,31-32H,6H2/t16-,17+,24-/m0/s1. The molecule has 0 fully saturated rings. The molecular formula is C25H19Cl2F3N2O2S. The highest BCUT2D eigenvalue weighted by Crippen LogP contribution is 2.51. The minimum Gasteiger partial charge on any atom is -0.378 e. The molecule has 10 heteroatoms. The van der Waals surface area contributed by atoms with Crippen molar-refractivity contribution in [3.63, 3.8) is 0 Å². The van der Waals surface area contributed by atoms with Crippen LogP contribution in [0.15, 0.2) is 77.7 Å². The topological polar surface area (TPSA) is 58.2 Å². The van der Waals surface area contributed by atoms with Crippen LogP contribution in [-0.4, -0.2) is 8.42 Å². The lowest BCUT2D eigenvalue weighted by molar-refractivity contribution is -0.137. The zero-order valence-corrected chi connectivity index (χ0v) is 20.3. The summed E-state index contributed by atoms with van der Waals surface area (Å²) >= 11 is 12.1. The van der Waals surface area contributed by atoms with Crippen LogP contribution in [0.1, 0.15) is 35.1 Å². The third-order valence-corrected chi connectivity index (χ3v) is 8.46. The van der Waals surface area contributed by atoms with E-state index in [2.05, 4.69) is 22.2 Å². The first kappa shape index (κ1) is 24.0. The second kappa shape index (κ2) is 8.76. The van der Waals surface area contributed by atoms with Gasteiger partial charge in [0, 0.05) is 22.3 Å². The van der Waals surface area contributed by atoms with E-state index in [-0.39, 0.29) is 28.5 Å². The Morgan fingerprint density at radius 1 is 0.943 bits per heavy atom. The summed E-state index contributed by atoms with van der Waals surface area (Å²) in [6, 6.07) is 15.1. The van der Waals surface area contributed by atoms with Gasteiger partial charge in [0.15, 0.2) is 0 Å². The molecule has 1 aliphatic heterocycles. The molecule has 0 unspecified atom stereocenters. The Balaban J connectivity index is 1.48. The van der Waals surface area contributed by atoms with E-state index in [1.54, 1.807) is 12.1 Å². The summed E-state index contributed by atoms with van der Waals surface area (Å²) < 4.78 is 68.0. The van der Waals surface area contributed by atoms with Crippen molar-refractivity contribution in [2.75, 3.05) is 10.0 Å². The first-order valence-electron chi connectivity index (χ1n) is 10.8. The summed E-state index contributed by atoms with van der Waals surface area (Å²) in [5, 5.41) is 3.65. The van der Waals surface area contributed by atoms with Crippen LogP contribution in [0.25, 0.3) is 0 Å². The van der Waals surface area contributed by atoms with Gasteiger partial charge in [-0.25, -0.2) is 8.42 Å². The molecule has 0 bridgehead atoms. The maximum atomic E-state index is 13.2. The zero-order chi connectivity index (χ0) is 25.0. The van der Waals surface area contributed by atoms with Crippen molar-refractivity contribution in [2.45, 2.75) is 29.5 Å². The van der Waals surface area contributed by atoms with Gasteiger partial charge >= 0.3 is 6.18 Å². The van der Waals surface area contributed by atoms with Crippen LogP contribution in [0.5, 0.6) is 0 Å². The monoisotopic (exact) mass is 538 g/mol. The lowest BCUT2D eigenvalue weighted by Crippen LogP contribution is -2.29. The molecule has 1 heterocycles. The van der Waals surface area contributed by atoms with Gasteiger partial charge in [-0.05, 0) is 65.9 Å². The first-order valence-corrected chi connectivity index (χ1v) is 13.0. The van der Waals surface area contributed by atoms with E-state index in [0.717, 1.165) is 29.3 Å². The lowest BCUT2D eigenvalue weighted by atomic mass is 9.77. The van der Waals surface area contributed by atoms with Crippen LogP contribution < -0.4 is 10.0 Å². The normalized spacial score (nSPS) is 21.2. The number of halogens is 5. The molecule has 3 aromatic rings. The third-order valence-electron chi connectivity index (χ3n) is 6.41. The zero-order valence-electron chi connectivity index (χ0n) is 18.0. The summed E-state index contributed by atoms with van der Waals surface area (Å²) in [5.74, 6) is 0.106. The molecule has 1 aliphatic carbocycles. The van der Waals surface area contributed by atoms with Crippen molar-refractivity contribution < 1.29 is 21.6 Å². The summed E-state index contributed by atoms with van der Waals surface area (Å²) in [7, 11) is -4.16. The van der Waals surface area contributed by atoms with Gasteiger partial charge in [0.1, 0.15) is 0 Å². The van der Waals surface area contributed by atoms with Crippen LogP contribution in [0.3, 0.4) is 0 Å². The number of rotatable bonds is 4. The van der Waals surface area contributed by atoms with E-state index >= 15 is 0 Å². The van der Waals surface area contributed by atoms with E-state index in [0.29, 0.717) is 11.1 Å². The number of fused-ring (bicyclic) bond motifs is 3. The van der Waals surface area contributed by atoms with Gasteiger partial charge in [-0.1, -0.05) is 53.6 Å². The number of sulfonamides is 1. The molecule has 5 rings (SSSR count). The van der Waals surface area contributed by atoms with Crippen molar-refractivity contribution in [3.05, 3.63) is 99.6 Å². The third kappa shape index (κ3) is 4.50. The molecule has 0 amide bonds. The number of allylic oxidation sites excluding steroid dienone is 2. The maximum Gasteiger partial charge on any atom is 0.417 e. The van der Waals surface area contributed by atoms with Gasteiger partial charge in [0.05, 0.1) is 21.5 Å². The molecule has 2 aliphatic rings. The van der Waals surface area contributed by atoms with Crippen LogP contribution >= 0.6 is 23.2 Å². The minimum absolute atomic E-state index is 0.0324. The molecule has 0 saturated heterocycles. The Morgan fingerprint density at radius 2 is 1.71 bits per heavy atom. The van der Waals surface area contributed by atoms with Crippen molar-refractivity contribution in [3.8, 4) is 0 Å². The molecular weight excluding hydrogens is 520 g/mol. The smallest absolute Gasteiger partial charge is 0.378 e. The van der Waals surface area contributed by atoms with Gasteiger partial charge in [0.2, 0.25) is 0 Å². The predicted molar refractivity (Wildman–Crippen MR) is 132 cm³/mol. The Bertz CT molecular complexity index is 1440. The van der Waals surface area contributed by atoms with Crippen molar-refractivity contribution in [1.82, 2.24) is 0 Å². The Morgan fingerprint density at radius 3 is 2.46 bits per heavy atom. The van der Waals surface area contributed by atoms with Crippen molar-refractivity contribution >= 4 is 44.6 Å². The molecule has 0 spiro atoms. The van der Waals surface area contributed by atoms with Gasteiger partial charge in [-0.3, -0.25) is 4.72 Å². The number of nitrogens with one attached hydrogen (secondary N) is 2. The summed E-state index contributed by atoms with van der Waals surface area (Å²) in [6.45, 7) is 0. The molecule has 0 radical (unpaired) electrons. The average Bonchev–Trinajstić information content (AvgIpc) is 3.29. The van der Waals surface area contributed by atoms with Gasteiger partial charge in [-0.2, -0.15) is 13.2 Å². The molecule has 0 saturated carbocycles. The number of hydrogen-bond donors (Lipinski definition) is 2. The summed E-state index contributed by atoms with van der Waals surface area (Å²) in [4.78, 5) is -0.0446. The number of benzene rings is 3. The lowest BCUT2D eigenvalue weighted by Gasteiger charge is -2.38. The molecule has 182 valence electrons. The minimum atomic E-state index is -4.71. The first-order chi connectivity index (χ1) is 16.5. The van der Waals surface area contributed by atoms with E-state index in [1.807, 2.05) is 24.3 Å². The average molecular weight is 539 g/mol. The van der Waals surface area contributed by atoms with Crippen LogP contribution in [-0.2, 0) is 16.2 Å². The highest BCUT2D eigenvalue weighted by molar-refractivity contribution is 7.92. The summed E-state index contributed by atoms with van der Waals surface area (Å²) in [6.07, 6.45) is 0.222. The maximum absolute atomic E-state index is 13.2. The second-order valence-electron chi connectivity index (χ2n) is 8.54. The van der Waals surface area contributed by atoms with Crippen LogP contribution in [0, 0.1) is 5.92 Å². The van der Waals surface area contributed by atoms with E-state index in [1.165, 1.54) is 12.1 Å². The quantitative estimate of drug-likeness (QED) is 0.335. The molecule has 0 aromatic heterocycles. The molecule has 4 nitrogen and oxygen atoms in total. The fourth-order valence-electron chi connectivity index (χ4n) is 4.79. The van der Waals surface area contributed by atoms with Gasteiger partial charge in [-0.15, -0.1) is 0 Å². The number of hydrogen-bond acceptors (Lipinski definition) is 3. The summed E-state index contributed by atoms with van der Waals surface area (Å²) in [5.41, 5.74) is 1.23. The van der Waals surface area contributed by atoms with Gasteiger partial charge < -0.3 is 5.32 Å². The highest BCUT2D eigenvalue weighted by atomic mass is 35.5. The molecule has 2 N–H and O–H groups in total. The van der Waals surface area contributed by atoms with Crippen LogP contribution in [0.4, 0.5) is 24.5 Å².